The summed E-state index contributed by atoms with van der Waals surface area (Å²) in [6.45, 7) is 11.6. The molecule has 4 heteroatoms. The number of nitrogens with one attached hydrogen (secondary N) is 1. The Kier molecular flexibility index (Phi) is 4.69. The molecular formula is C16H25NO3. The van der Waals surface area contributed by atoms with E-state index in [2.05, 4.69) is 5.32 Å². The molecule has 112 valence electrons. The highest BCUT2D eigenvalue weighted by Crippen LogP contribution is 2.33. The van der Waals surface area contributed by atoms with Gasteiger partial charge in [-0.3, -0.25) is 0 Å². The Balaban J connectivity index is 2.92. The molecule has 0 saturated carbocycles. The van der Waals surface area contributed by atoms with E-state index in [1.165, 1.54) is 0 Å². The minimum absolute atomic E-state index is 0.173. The Bertz CT molecular complexity index is 452. The number of rotatable bonds is 2. The Morgan fingerprint density at radius 2 is 1.60 bits per heavy atom. The van der Waals surface area contributed by atoms with E-state index < -0.39 is 11.7 Å². The molecule has 2 N–H and O–H groups in total. The van der Waals surface area contributed by atoms with Crippen molar-refractivity contribution in [3.05, 3.63) is 29.8 Å². The van der Waals surface area contributed by atoms with Crippen LogP contribution in [0.25, 0.3) is 0 Å². The van der Waals surface area contributed by atoms with Crippen molar-refractivity contribution in [3.63, 3.8) is 0 Å². The van der Waals surface area contributed by atoms with Gasteiger partial charge in [0.05, 0.1) is 6.04 Å². The first kappa shape index (κ1) is 16.3. The number of benzene rings is 1. The van der Waals surface area contributed by atoms with Crippen LogP contribution >= 0.6 is 0 Å². The molecule has 1 rings (SSSR count). The number of hydrogen-bond acceptors (Lipinski definition) is 3. The van der Waals surface area contributed by atoms with Crippen molar-refractivity contribution in [2.75, 3.05) is 0 Å². The van der Waals surface area contributed by atoms with Gasteiger partial charge in [-0.15, -0.1) is 0 Å². The number of phenols is 1. The lowest BCUT2D eigenvalue weighted by Crippen LogP contribution is -2.39. The predicted octanol–water partition coefficient (Wildman–Crippen LogP) is 4.00. The second-order valence-corrected chi connectivity index (χ2v) is 7.04. The van der Waals surface area contributed by atoms with Gasteiger partial charge in [0, 0.05) is 0 Å². The summed E-state index contributed by atoms with van der Waals surface area (Å²) in [4.78, 5) is 12.0. The van der Waals surface area contributed by atoms with Crippen molar-refractivity contribution in [3.8, 4) is 5.75 Å². The second kappa shape index (κ2) is 5.73. The van der Waals surface area contributed by atoms with Gasteiger partial charge in [-0.25, -0.2) is 4.79 Å². The van der Waals surface area contributed by atoms with E-state index in [1.807, 2.05) is 53.7 Å². The van der Waals surface area contributed by atoms with Crippen LogP contribution in [-0.4, -0.2) is 16.8 Å². The normalized spacial score (nSPS) is 13.7. The molecular weight excluding hydrogens is 254 g/mol. The van der Waals surface area contributed by atoms with E-state index >= 15 is 0 Å². The highest BCUT2D eigenvalue weighted by Gasteiger charge is 2.29. The Hall–Kier alpha value is -1.71. The molecule has 1 aromatic carbocycles. The van der Waals surface area contributed by atoms with Crippen LogP contribution in [0.5, 0.6) is 5.75 Å². The average molecular weight is 279 g/mol. The molecule has 0 bridgehead atoms. The van der Waals surface area contributed by atoms with E-state index in [1.54, 1.807) is 12.1 Å². The predicted molar refractivity (Wildman–Crippen MR) is 79.7 cm³/mol. The van der Waals surface area contributed by atoms with Crippen LogP contribution in [0.3, 0.4) is 0 Å². The lowest BCUT2D eigenvalue weighted by molar-refractivity contribution is 0.0462. The van der Waals surface area contributed by atoms with Crippen LogP contribution in [0.2, 0.25) is 0 Å². The van der Waals surface area contributed by atoms with Crippen molar-refractivity contribution in [1.29, 1.82) is 0 Å². The van der Waals surface area contributed by atoms with Crippen LogP contribution < -0.4 is 5.32 Å². The highest BCUT2D eigenvalue weighted by atomic mass is 16.6. The van der Waals surface area contributed by atoms with Gasteiger partial charge >= 0.3 is 6.09 Å². The van der Waals surface area contributed by atoms with Crippen LogP contribution in [0, 0.1) is 5.41 Å². The summed E-state index contributed by atoms with van der Waals surface area (Å²) < 4.78 is 5.31. The van der Waals surface area contributed by atoms with E-state index in [0.717, 1.165) is 5.56 Å². The van der Waals surface area contributed by atoms with Gasteiger partial charge in [0.2, 0.25) is 0 Å². The number of aromatic hydroxyl groups is 1. The van der Waals surface area contributed by atoms with Crippen molar-refractivity contribution in [2.24, 2.45) is 5.41 Å². The summed E-state index contributed by atoms with van der Waals surface area (Å²) in [5, 5.41) is 12.3. The third-order valence-corrected chi connectivity index (χ3v) is 2.75. The van der Waals surface area contributed by atoms with Gasteiger partial charge < -0.3 is 15.2 Å². The largest absolute Gasteiger partial charge is 0.508 e. The van der Waals surface area contributed by atoms with Crippen LogP contribution in [0.1, 0.15) is 53.1 Å². The van der Waals surface area contributed by atoms with Crippen LogP contribution in [0.4, 0.5) is 4.79 Å². The zero-order valence-electron chi connectivity index (χ0n) is 13.2. The van der Waals surface area contributed by atoms with Crippen LogP contribution in [-0.2, 0) is 4.74 Å². The SMILES string of the molecule is CC(C)(C)OC(=O)N[C@H](c1ccc(O)cc1)C(C)(C)C. The monoisotopic (exact) mass is 279 g/mol. The third-order valence-electron chi connectivity index (χ3n) is 2.75. The molecule has 4 nitrogen and oxygen atoms in total. The molecule has 0 spiro atoms. The van der Waals surface area contributed by atoms with Crippen LogP contribution in [0.15, 0.2) is 24.3 Å². The summed E-state index contributed by atoms with van der Waals surface area (Å²) in [6.07, 6.45) is -0.439. The maximum atomic E-state index is 12.0. The van der Waals surface area contributed by atoms with Crippen molar-refractivity contribution < 1.29 is 14.6 Å². The standard InChI is InChI=1S/C16H25NO3/c1-15(2,3)13(11-7-9-12(18)10-8-11)17-14(19)20-16(4,5)6/h7-10,13,18H,1-6H3,(H,17,19)/t13-/m1/s1. The molecule has 0 aliphatic rings. The van der Waals surface area contributed by atoms with Gasteiger partial charge in [0.15, 0.2) is 0 Å². The van der Waals surface area contributed by atoms with E-state index in [-0.39, 0.29) is 17.2 Å². The third kappa shape index (κ3) is 5.11. The van der Waals surface area contributed by atoms with Gasteiger partial charge in [-0.2, -0.15) is 0 Å². The minimum Gasteiger partial charge on any atom is -0.508 e. The molecule has 0 saturated heterocycles. The maximum absolute atomic E-state index is 12.0. The molecule has 1 aromatic rings. The lowest BCUT2D eigenvalue weighted by Gasteiger charge is -2.32. The second-order valence-electron chi connectivity index (χ2n) is 7.04. The summed E-state index contributed by atoms with van der Waals surface area (Å²) in [5.41, 5.74) is 0.233. The first-order chi connectivity index (χ1) is 8.99. The summed E-state index contributed by atoms with van der Waals surface area (Å²) >= 11 is 0. The molecule has 0 aliphatic heterocycles. The highest BCUT2D eigenvalue weighted by molar-refractivity contribution is 5.68. The quantitative estimate of drug-likeness (QED) is 0.860. The molecule has 0 unspecified atom stereocenters. The number of alkyl carbamates (subject to hydrolysis) is 1. The Labute approximate surface area is 121 Å². The summed E-state index contributed by atoms with van der Waals surface area (Å²) in [7, 11) is 0. The molecule has 0 heterocycles. The molecule has 0 radical (unpaired) electrons. The van der Waals surface area contributed by atoms with Crippen molar-refractivity contribution in [2.45, 2.75) is 53.2 Å². The van der Waals surface area contributed by atoms with Gasteiger partial charge in [0.25, 0.3) is 0 Å². The Morgan fingerprint density at radius 1 is 1.10 bits per heavy atom. The molecule has 1 atom stereocenters. The fourth-order valence-corrected chi connectivity index (χ4v) is 1.89. The molecule has 0 fully saturated rings. The topological polar surface area (TPSA) is 58.6 Å². The average Bonchev–Trinajstić information content (AvgIpc) is 2.23. The lowest BCUT2D eigenvalue weighted by atomic mass is 9.82. The number of carbonyl (C=O) groups is 1. The number of hydrogen-bond donors (Lipinski definition) is 2. The Morgan fingerprint density at radius 3 is 2.00 bits per heavy atom. The maximum Gasteiger partial charge on any atom is 0.408 e. The molecule has 20 heavy (non-hydrogen) atoms. The van der Waals surface area contributed by atoms with Gasteiger partial charge in [-0.05, 0) is 43.9 Å². The van der Waals surface area contributed by atoms with E-state index in [9.17, 15) is 9.90 Å². The first-order valence-electron chi connectivity index (χ1n) is 6.77. The van der Waals surface area contributed by atoms with Gasteiger partial charge in [0.1, 0.15) is 11.4 Å². The van der Waals surface area contributed by atoms with E-state index in [4.69, 9.17) is 4.74 Å². The molecule has 1 amide bonds. The number of amides is 1. The smallest absolute Gasteiger partial charge is 0.408 e. The number of phenolic OH excluding ortho intramolecular Hbond substituents is 1. The molecule has 0 aliphatic carbocycles. The number of carbonyl (C=O) groups excluding carboxylic acids is 1. The van der Waals surface area contributed by atoms with E-state index in [0.29, 0.717) is 0 Å². The summed E-state index contributed by atoms with van der Waals surface area (Å²) in [6, 6.07) is 6.65. The summed E-state index contributed by atoms with van der Waals surface area (Å²) in [5.74, 6) is 0.207. The molecule has 0 aromatic heterocycles. The van der Waals surface area contributed by atoms with Crippen molar-refractivity contribution >= 4 is 6.09 Å². The zero-order chi connectivity index (χ0) is 15.6. The number of ether oxygens (including phenoxy) is 1. The van der Waals surface area contributed by atoms with Crippen molar-refractivity contribution in [1.82, 2.24) is 5.32 Å². The fourth-order valence-electron chi connectivity index (χ4n) is 1.89. The zero-order valence-corrected chi connectivity index (χ0v) is 13.2. The first-order valence-corrected chi connectivity index (χ1v) is 6.77. The minimum atomic E-state index is -0.526. The fraction of sp³-hybridized carbons (Fsp3) is 0.562. The van der Waals surface area contributed by atoms with Gasteiger partial charge in [-0.1, -0.05) is 32.9 Å².